The molecule has 2 nitrogen and oxygen atoms in total. The highest BCUT2D eigenvalue weighted by molar-refractivity contribution is 7.10. The molecular formula is C13H13ClFNOS. The number of benzene rings is 1. The van der Waals surface area contributed by atoms with Crippen LogP contribution in [-0.4, -0.2) is 14.2 Å². The Hall–Kier alpha value is -1.10. The Morgan fingerprint density at radius 2 is 2.17 bits per heavy atom. The Labute approximate surface area is 114 Å². The zero-order chi connectivity index (χ0) is 13.1. The average molecular weight is 286 g/mol. The van der Waals surface area contributed by atoms with Crippen molar-refractivity contribution in [3.8, 4) is 5.75 Å². The molecule has 0 fully saturated rings. The molecule has 0 saturated heterocycles. The topological polar surface area (TPSA) is 21.3 Å². The third-order valence-electron chi connectivity index (χ3n) is 2.72. The van der Waals surface area contributed by atoms with Gasteiger partial charge in [-0.15, -0.1) is 11.3 Å². The van der Waals surface area contributed by atoms with E-state index in [1.807, 2.05) is 11.4 Å². The molecule has 1 aromatic carbocycles. The first-order valence-electron chi connectivity index (χ1n) is 5.41. The van der Waals surface area contributed by atoms with Crippen molar-refractivity contribution < 1.29 is 9.13 Å². The minimum Gasteiger partial charge on any atom is -0.494 e. The van der Waals surface area contributed by atoms with Crippen LogP contribution in [0.5, 0.6) is 5.75 Å². The van der Waals surface area contributed by atoms with Crippen molar-refractivity contribution in [3.63, 3.8) is 0 Å². The number of hydrogen-bond acceptors (Lipinski definition) is 3. The lowest BCUT2D eigenvalue weighted by Gasteiger charge is -2.17. The van der Waals surface area contributed by atoms with Crippen molar-refractivity contribution in [1.29, 1.82) is 0 Å². The molecule has 0 aliphatic carbocycles. The molecule has 0 radical (unpaired) electrons. The normalized spacial score (nSPS) is 12.4. The molecule has 0 amide bonds. The molecule has 96 valence electrons. The number of hydrogen-bond donors (Lipinski definition) is 1. The second kappa shape index (κ2) is 5.69. The zero-order valence-electron chi connectivity index (χ0n) is 10.0. The fourth-order valence-electron chi connectivity index (χ4n) is 1.85. The van der Waals surface area contributed by atoms with Crippen LogP contribution in [0, 0.1) is 5.82 Å². The van der Waals surface area contributed by atoms with Crippen molar-refractivity contribution in [2.75, 3.05) is 14.2 Å². The maximum absolute atomic E-state index is 14.2. The van der Waals surface area contributed by atoms with Gasteiger partial charge in [-0.25, -0.2) is 4.39 Å². The van der Waals surface area contributed by atoms with Crippen molar-refractivity contribution >= 4 is 22.9 Å². The van der Waals surface area contributed by atoms with Crippen LogP contribution in [0.25, 0.3) is 0 Å². The maximum atomic E-state index is 14.2. The Balaban J connectivity index is 2.49. The Kier molecular flexibility index (Phi) is 4.22. The highest BCUT2D eigenvalue weighted by atomic mass is 35.5. The van der Waals surface area contributed by atoms with E-state index in [1.54, 1.807) is 25.2 Å². The largest absolute Gasteiger partial charge is 0.494 e. The van der Waals surface area contributed by atoms with E-state index in [-0.39, 0.29) is 17.6 Å². The second-order valence-electron chi connectivity index (χ2n) is 3.72. The molecular weight excluding hydrogens is 273 g/mol. The zero-order valence-corrected chi connectivity index (χ0v) is 11.6. The lowest BCUT2D eigenvalue weighted by atomic mass is 10.0. The van der Waals surface area contributed by atoms with Gasteiger partial charge in [-0.3, -0.25) is 0 Å². The van der Waals surface area contributed by atoms with E-state index in [2.05, 4.69) is 5.32 Å². The highest BCUT2D eigenvalue weighted by Gasteiger charge is 2.21. The average Bonchev–Trinajstić information content (AvgIpc) is 2.79. The first kappa shape index (κ1) is 13.3. The molecule has 0 spiro atoms. The summed E-state index contributed by atoms with van der Waals surface area (Å²) >= 11 is 7.60. The van der Waals surface area contributed by atoms with E-state index in [9.17, 15) is 4.39 Å². The van der Waals surface area contributed by atoms with Gasteiger partial charge in [0.05, 0.1) is 18.2 Å². The number of methoxy groups -OCH3 is 1. The number of rotatable bonds is 4. The lowest BCUT2D eigenvalue weighted by molar-refractivity contribution is 0.382. The van der Waals surface area contributed by atoms with Crippen LogP contribution in [0.15, 0.2) is 29.6 Å². The summed E-state index contributed by atoms with van der Waals surface area (Å²) in [4.78, 5) is 0.895. The predicted octanol–water partition coefficient (Wildman–Crippen LogP) is 3.86. The molecule has 18 heavy (non-hydrogen) atoms. The third-order valence-corrected chi connectivity index (χ3v) is 4.14. The summed E-state index contributed by atoms with van der Waals surface area (Å²) in [7, 11) is 3.23. The van der Waals surface area contributed by atoms with Gasteiger partial charge in [0.2, 0.25) is 0 Å². The molecule has 1 atom stereocenters. The van der Waals surface area contributed by atoms with Crippen LogP contribution in [0.2, 0.25) is 5.02 Å². The Morgan fingerprint density at radius 3 is 2.72 bits per heavy atom. The summed E-state index contributed by atoms with van der Waals surface area (Å²) in [5.41, 5.74) is 0.529. The number of ether oxygens (including phenoxy) is 1. The van der Waals surface area contributed by atoms with Crippen LogP contribution >= 0.6 is 22.9 Å². The molecule has 0 aliphatic rings. The maximum Gasteiger partial charge on any atom is 0.170 e. The van der Waals surface area contributed by atoms with E-state index in [1.165, 1.54) is 18.4 Å². The number of nitrogens with one attached hydrogen (secondary N) is 1. The molecule has 0 saturated carbocycles. The standard InChI is InChI=1S/C13H13ClFNOS/c1-16-12(13-9(14)6-7-18-13)8-4-3-5-10(17-2)11(8)15/h3-7,12,16H,1-2H3. The highest BCUT2D eigenvalue weighted by Crippen LogP contribution is 2.35. The van der Waals surface area contributed by atoms with E-state index >= 15 is 0 Å². The van der Waals surface area contributed by atoms with Crippen molar-refractivity contribution in [3.05, 3.63) is 50.9 Å². The third kappa shape index (κ3) is 2.36. The molecule has 5 heteroatoms. The molecule has 0 aliphatic heterocycles. The molecule has 2 rings (SSSR count). The first-order valence-corrected chi connectivity index (χ1v) is 6.67. The van der Waals surface area contributed by atoms with Gasteiger partial charge in [-0.05, 0) is 24.6 Å². The van der Waals surface area contributed by atoms with Crippen LogP contribution < -0.4 is 10.1 Å². The summed E-state index contributed by atoms with van der Waals surface area (Å²) in [5.74, 6) is -0.121. The second-order valence-corrected chi connectivity index (χ2v) is 5.07. The summed E-state index contributed by atoms with van der Waals surface area (Å²) in [6.07, 6.45) is 0. The van der Waals surface area contributed by atoms with Crippen molar-refractivity contribution in [2.24, 2.45) is 0 Å². The molecule has 1 aromatic heterocycles. The molecule has 1 N–H and O–H groups in total. The summed E-state index contributed by atoms with van der Waals surface area (Å²) in [6.45, 7) is 0. The number of halogens is 2. The van der Waals surface area contributed by atoms with Crippen molar-refractivity contribution in [2.45, 2.75) is 6.04 Å². The van der Waals surface area contributed by atoms with Gasteiger partial charge in [0, 0.05) is 10.4 Å². The van der Waals surface area contributed by atoms with E-state index in [0.29, 0.717) is 10.6 Å². The smallest absolute Gasteiger partial charge is 0.170 e. The van der Waals surface area contributed by atoms with Gasteiger partial charge in [0.15, 0.2) is 11.6 Å². The van der Waals surface area contributed by atoms with Gasteiger partial charge < -0.3 is 10.1 Å². The van der Waals surface area contributed by atoms with Gasteiger partial charge in [-0.1, -0.05) is 23.7 Å². The molecule has 1 heterocycles. The molecule has 0 bridgehead atoms. The van der Waals surface area contributed by atoms with Gasteiger partial charge >= 0.3 is 0 Å². The van der Waals surface area contributed by atoms with E-state index < -0.39 is 0 Å². The monoisotopic (exact) mass is 285 g/mol. The minimum atomic E-state index is -0.358. The Bertz CT molecular complexity index is 544. The lowest BCUT2D eigenvalue weighted by Crippen LogP contribution is -2.18. The van der Waals surface area contributed by atoms with Crippen molar-refractivity contribution in [1.82, 2.24) is 5.32 Å². The minimum absolute atomic E-state index is 0.237. The molecule has 1 unspecified atom stereocenters. The fraction of sp³-hybridized carbons (Fsp3) is 0.231. The van der Waals surface area contributed by atoms with Crippen LogP contribution in [0.3, 0.4) is 0 Å². The molecule has 2 aromatic rings. The van der Waals surface area contributed by atoms with Gasteiger partial charge in [-0.2, -0.15) is 0 Å². The fourth-order valence-corrected chi connectivity index (χ4v) is 3.14. The SMILES string of the molecule is CNC(c1cccc(OC)c1F)c1sccc1Cl. The van der Waals surface area contributed by atoms with Gasteiger partial charge in [0.1, 0.15) is 0 Å². The summed E-state index contributed by atoms with van der Waals surface area (Å²) in [5, 5.41) is 5.61. The predicted molar refractivity (Wildman–Crippen MR) is 73.2 cm³/mol. The Morgan fingerprint density at radius 1 is 1.39 bits per heavy atom. The first-order chi connectivity index (χ1) is 8.69. The van der Waals surface area contributed by atoms with Crippen LogP contribution in [0.4, 0.5) is 4.39 Å². The van der Waals surface area contributed by atoms with E-state index in [4.69, 9.17) is 16.3 Å². The summed E-state index contributed by atoms with van der Waals surface area (Å²) in [6, 6.07) is 6.64. The number of thiophene rings is 1. The van der Waals surface area contributed by atoms with E-state index in [0.717, 1.165) is 4.88 Å². The quantitative estimate of drug-likeness (QED) is 0.921. The van der Waals surface area contributed by atoms with Crippen LogP contribution in [0.1, 0.15) is 16.5 Å². The summed E-state index contributed by atoms with van der Waals surface area (Å²) < 4.78 is 19.2. The van der Waals surface area contributed by atoms with Crippen LogP contribution in [-0.2, 0) is 0 Å². The van der Waals surface area contributed by atoms with Gasteiger partial charge in [0.25, 0.3) is 0 Å².